The number of nitrogens with one attached hydrogen (secondary N) is 1. The second-order valence-electron chi connectivity index (χ2n) is 5.76. The molecule has 1 N–H and O–H groups in total. The highest BCUT2D eigenvalue weighted by molar-refractivity contribution is 6.39. The molecule has 1 fully saturated rings. The maximum absolute atomic E-state index is 12.9. The average Bonchev–Trinajstić information content (AvgIpc) is 2.71. The third-order valence-corrected chi connectivity index (χ3v) is 4.17. The van der Waals surface area contributed by atoms with Crippen LogP contribution in [0.5, 0.6) is 17.2 Å². The number of imide groups is 2. The van der Waals surface area contributed by atoms with Gasteiger partial charge in [0.05, 0.1) is 27.0 Å². The minimum atomic E-state index is -0.820. The molecule has 0 aliphatic carbocycles. The highest BCUT2D eigenvalue weighted by Gasteiger charge is 2.37. The van der Waals surface area contributed by atoms with Crippen molar-refractivity contribution >= 4 is 29.6 Å². The summed E-state index contributed by atoms with van der Waals surface area (Å²) in [6, 6.07) is 10.5. The summed E-state index contributed by atoms with van der Waals surface area (Å²) in [5, 5.41) is 2.18. The molecule has 144 valence electrons. The van der Waals surface area contributed by atoms with E-state index in [9.17, 15) is 14.4 Å². The quantitative estimate of drug-likeness (QED) is 0.630. The van der Waals surface area contributed by atoms with Gasteiger partial charge < -0.3 is 14.2 Å². The third kappa shape index (κ3) is 3.52. The fraction of sp³-hybridized carbons (Fsp3) is 0.150. The number of amides is 4. The van der Waals surface area contributed by atoms with Gasteiger partial charge in [-0.05, 0) is 42.5 Å². The molecule has 3 rings (SSSR count). The van der Waals surface area contributed by atoms with Gasteiger partial charge in [-0.2, -0.15) is 0 Å². The van der Waals surface area contributed by atoms with E-state index in [0.717, 1.165) is 4.90 Å². The minimum absolute atomic E-state index is 0.195. The van der Waals surface area contributed by atoms with Gasteiger partial charge in [-0.3, -0.25) is 14.9 Å². The van der Waals surface area contributed by atoms with Gasteiger partial charge in [0.2, 0.25) is 0 Å². The summed E-state index contributed by atoms with van der Waals surface area (Å²) < 4.78 is 15.5. The Balaban J connectivity index is 2.01. The highest BCUT2D eigenvalue weighted by atomic mass is 16.5. The maximum Gasteiger partial charge on any atom is 0.335 e. The van der Waals surface area contributed by atoms with Gasteiger partial charge in [0.25, 0.3) is 11.8 Å². The fourth-order valence-electron chi connectivity index (χ4n) is 2.72. The van der Waals surface area contributed by atoms with Crippen LogP contribution in [0, 0.1) is 0 Å². The van der Waals surface area contributed by atoms with E-state index in [4.69, 9.17) is 14.2 Å². The summed E-state index contributed by atoms with van der Waals surface area (Å²) in [4.78, 5) is 38.3. The van der Waals surface area contributed by atoms with Crippen molar-refractivity contribution in [3.05, 3.63) is 53.6 Å². The van der Waals surface area contributed by atoms with E-state index in [1.807, 2.05) is 0 Å². The Morgan fingerprint density at radius 2 is 1.50 bits per heavy atom. The first-order chi connectivity index (χ1) is 13.5. The number of hydrogen-bond acceptors (Lipinski definition) is 6. The summed E-state index contributed by atoms with van der Waals surface area (Å²) in [5.74, 6) is 0.0339. The molecule has 1 aliphatic heterocycles. The molecule has 8 heteroatoms. The van der Waals surface area contributed by atoms with Gasteiger partial charge in [-0.15, -0.1) is 0 Å². The molecule has 0 aromatic heterocycles. The zero-order valence-corrected chi connectivity index (χ0v) is 15.5. The maximum atomic E-state index is 12.9. The van der Waals surface area contributed by atoms with Crippen molar-refractivity contribution in [2.75, 3.05) is 26.2 Å². The molecule has 28 heavy (non-hydrogen) atoms. The first-order valence-electron chi connectivity index (χ1n) is 8.26. The molecule has 0 radical (unpaired) electrons. The van der Waals surface area contributed by atoms with Crippen molar-refractivity contribution in [1.29, 1.82) is 0 Å². The molecule has 0 saturated carbocycles. The fourth-order valence-corrected chi connectivity index (χ4v) is 2.72. The van der Waals surface area contributed by atoms with Crippen LogP contribution >= 0.6 is 0 Å². The van der Waals surface area contributed by atoms with Gasteiger partial charge >= 0.3 is 6.03 Å². The van der Waals surface area contributed by atoms with Crippen LogP contribution in [0.3, 0.4) is 0 Å². The predicted molar refractivity (Wildman–Crippen MR) is 102 cm³/mol. The van der Waals surface area contributed by atoms with Crippen LogP contribution in [-0.4, -0.2) is 39.2 Å². The largest absolute Gasteiger partial charge is 0.497 e. The van der Waals surface area contributed by atoms with Gasteiger partial charge in [0.15, 0.2) is 0 Å². The van der Waals surface area contributed by atoms with Crippen molar-refractivity contribution in [3.8, 4) is 17.2 Å². The number of anilines is 1. The van der Waals surface area contributed by atoms with Crippen LogP contribution in [0.25, 0.3) is 6.08 Å². The van der Waals surface area contributed by atoms with Gasteiger partial charge in [-0.1, -0.05) is 0 Å². The second-order valence-corrected chi connectivity index (χ2v) is 5.76. The predicted octanol–water partition coefficient (Wildman–Crippen LogP) is 2.38. The topological polar surface area (TPSA) is 94.2 Å². The lowest BCUT2D eigenvalue weighted by Crippen LogP contribution is -2.54. The van der Waals surface area contributed by atoms with Crippen LogP contribution in [0.15, 0.2) is 48.0 Å². The van der Waals surface area contributed by atoms with E-state index >= 15 is 0 Å². The van der Waals surface area contributed by atoms with E-state index in [0.29, 0.717) is 28.5 Å². The van der Waals surface area contributed by atoms with E-state index in [-0.39, 0.29) is 5.57 Å². The van der Waals surface area contributed by atoms with E-state index in [1.54, 1.807) is 42.5 Å². The van der Waals surface area contributed by atoms with Crippen molar-refractivity contribution < 1.29 is 28.6 Å². The SMILES string of the molecule is COc1ccc(N2C(=O)NC(=O)C(=Cc3ccc(OC)cc3OC)C2=O)cc1. The Bertz CT molecular complexity index is 965. The number of hydrogen-bond donors (Lipinski definition) is 1. The molecule has 0 bridgehead atoms. The number of carbonyl (C=O) groups excluding carboxylic acids is 3. The van der Waals surface area contributed by atoms with Crippen LogP contribution in [-0.2, 0) is 9.59 Å². The molecule has 1 heterocycles. The molecule has 2 aromatic rings. The van der Waals surface area contributed by atoms with Gasteiger partial charge in [-0.25, -0.2) is 9.69 Å². The Morgan fingerprint density at radius 1 is 0.857 bits per heavy atom. The third-order valence-electron chi connectivity index (χ3n) is 4.17. The molecule has 0 atom stereocenters. The van der Waals surface area contributed by atoms with E-state index in [2.05, 4.69) is 5.32 Å². The standard InChI is InChI=1S/C20H18N2O6/c1-26-14-8-5-13(6-9-14)22-19(24)16(18(23)21-20(22)25)10-12-4-7-15(27-2)11-17(12)28-3/h4-11H,1-3H3,(H,21,23,25). The number of ether oxygens (including phenoxy) is 3. The monoisotopic (exact) mass is 382 g/mol. The lowest BCUT2D eigenvalue weighted by molar-refractivity contribution is -0.122. The van der Waals surface area contributed by atoms with Crippen LogP contribution in [0.1, 0.15) is 5.56 Å². The molecule has 1 aliphatic rings. The molecule has 0 unspecified atom stereocenters. The lowest BCUT2D eigenvalue weighted by Gasteiger charge is -2.26. The van der Waals surface area contributed by atoms with Gasteiger partial charge in [0.1, 0.15) is 22.8 Å². The number of nitrogens with zero attached hydrogens (tertiary/aromatic N) is 1. The Morgan fingerprint density at radius 3 is 2.11 bits per heavy atom. The van der Waals surface area contributed by atoms with Crippen molar-refractivity contribution in [2.45, 2.75) is 0 Å². The number of rotatable bonds is 5. The van der Waals surface area contributed by atoms with Crippen molar-refractivity contribution in [1.82, 2.24) is 5.32 Å². The Labute approximate surface area is 161 Å². The smallest absolute Gasteiger partial charge is 0.335 e. The zero-order valence-electron chi connectivity index (χ0n) is 15.5. The number of urea groups is 1. The zero-order chi connectivity index (χ0) is 20.3. The van der Waals surface area contributed by atoms with Crippen LogP contribution in [0.4, 0.5) is 10.5 Å². The van der Waals surface area contributed by atoms with E-state index < -0.39 is 17.8 Å². The summed E-state index contributed by atoms with van der Waals surface area (Å²) in [6.07, 6.45) is 1.37. The van der Waals surface area contributed by atoms with Crippen molar-refractivity contribution in [3.63, 3.8) is 0 Å². The average molecular weight is 382 g/mol. The molecule has 0 spiro atoms. The molecule has 1 saturated heterocycles. The first-order valence-corrected chi connectivity index (χ1v) is 8.26. The molecular formula is C20H18N2O6. The molecular weight excluding hydrogens is 364 g/mol. The van der Waals surface area contributed by atoms with Crippen LogP contribution in [0.2, 0.25) is 0 Å². The number of carbonyl (C=O) groups is 3. The number of barbiturate groups is 1. The Kier molecular flexibility index (Phi) is 5.30. The lowest BCUT2D eigenvalue weighted by atomic mass is 10.1. The van der Waals surface area contributed by atoms with E-state index in [1.165, 1.54) is 27.4 Å². The first kappa shape index (κ1) is 19.0. The normalized spacial score (nSPS) is 15.5. The highest BCUT2D eigenvalue weighted by Crippen LogP contribution is 2.29. The van der Waals surface area contributed by atoms with Gasteiger partial charge in [0, 0.05) is 11.6 Å². The number of benzene rings is 2. The number of methoxy groups -OCH3 is 3. The van der Waals surface area contributed by atoms with Crippen molar-refractivity contribution in [2.24, 2.45) is 0 Å². The summed E-state index contributed by atoms with van der Waals surface area (Å²) >= 11 is 0. The molecule has 4 amide bonds. The Hall–Kier alpha value is -3.81. The molecule has 2 aromatic carbocycles. The summed E-state index contributed by atoms with van der Waals surface area (Å²) in [7, 11) is 4.49. The van der Waals surface area contributed by atoms with Crippen LogP contribution < -0.4 is 24.4 Å². The molecule has 8 nitrogen and oxygen atoms in total. The summed E-state index contributed by atoms with van der Waals surface area (Å²) in [5.41, 5.74) is 0.605. The second kappa shape index (κ2) is 7.83. The summed E-state index contributed by atoms with van der Waals surface area (Å²) in [6.45, 7) is 0. The minimum Gasteiger partial charge on any atom is -0.497 e.